The highest BCUT2D eigenvalue weighted by atomic mass is 35.5. The Morgan fingerprint density at radius 3 is 2.95 bits per heavy atom. The molecule has 0 radical (unpaired) electrons. The van der Waals surface area contributed by atoms with Crippen LogP contribution in [0.25, 0.3) is 33.7 Å². The molecule has 0 saturated carbocycles. The van der Waals surface area contributed by atoms with Crippen molar-refractivity contribution < 1.29 is 4.52 Å². The Labute approximate surface area is 130 Å². The monoisotopic (exact) mass is 310 g/mol. The molecule has 1 N–H and O–H groups in total. The molecule has 2 heterocycles. The van der Waals surface area contributed by atoms with Gasteiger partial charge in [0.2, 0.25) is 5.82 Å². The Balaban J connectivity index is 1.85. The summed E-state index contributed by atoms with van der Waals surface area (Å²) in [6.45, 7) is 1.98. The van der Waals surface area contributed by atoms with E-state index in [1.165, 1.54) is 0 Å². The van der Waals surface area contributed by atoms with Gasteiger partial charge in [0.05, 0.1) is 17.3 Å². The second kappa shape index (κ2) is 4.96. The lowest BCUT2D eigenvalue weighted by Gasteiger charge is -2.00. The molecule has 0 atom stereocenters. The van der Waals surface area contributed by atoms with Crippen LogP contribution in [-0.2, 0) is 0 Å². The molecule has 5 nitrogen and oxygen atoms in total. The average molecular weight is 311 g/mol. The summed E-state index contributed by atoms with van der Waals surface area (Å²) in [6.07, 6.45) is 1.75. The van der Waals surface area contributed by atoms with E-state index >= 15 is 0 Å². The second-order valence-electron chi connectivity index (χ2n) is 5.02. The molecular formula is C16H11ClN4O. The molecule has 2 aromatic heterocycles. The van der Waals surface area contributed by atoms with Crippen LogP contribution in [0.2, 0.25) is 5.02 Å². The fourth-order valence-corrected chi connectivity index (χ4v) is 2.60. The first-order valence-electron chi connectivity index (χ1n) is 6.75. The van der Waals surface area contributed by atoms with Crippen LogP contribution in [-0.4, -0.2) is 20.3 Å². The first-order valence-corrected chi connectivity index (χ1v) is 7.13. The Kier molecular flexibility index (Phi) is 2.94. The highest BCUT2D eigenvalue weighted by molar-refractivity contribution is 6.30. The molecule has 0 aliphatic heterocycles. The number of aromatic nitrogens is 4. The Morgan fingerprint density at radius 1 is 1.14 bits per heavy atom. The molecule has 2 aromatic carbocycles. The summed E-state index contributed by atoms with van der Waals surface area (Å²) in [5.41, 5.74) is 3.68. The maximum Gasteiger partial charge on any atom is 0.258 e. The van der Waals surface area contributed by atoms with Crippen molar-refractivity contribution in [3.05, 3.63) is 53.2 Å². The lowest BCUT2D eigenvalue weighted by molar-refractivity contribution is 0.432. The number of rotatable bonds is 2. The van der Waals surface area contributed by atoms with E-state index in [0.717, 1.165) is 27.6 Å². The SMILES string of the molecule is Cc1ccc(Cl)cc1-c1noc(-c2cccc3[nH]ncc23)n1. The molecule has 0 aliphatic carbocycles. The van der Waals surface area contributed by atoms with E-state index in [0.29, 0.717) is 16.7 Å². The standard InChI is InChI=1S/C16H11ClN4O/c1-9-5-6-10(17)7-12(9)15-19-16(22-21-15)11-3-2-4-14-13(11)8-18-20-14/h2-8H,1H3,(H,18,20). The molecule has 0 saturated heterocycles. The Bertz CT molecular complexity index is 973. The van der Waals surface area contributed by atoms with Gasteiger partial charge < -0.3 is 4.52 Å². The third kappa shape index (κ3) is 2.07. The molecular weight excluding hydrogens is 300 g/mol. The van der Waals surface area contributed by atoms with Crippen LogP contribution in [0, 0.1) is 6.92 Å². The Hall–Kier alpha value is -2.66. The second-order valence-corrected chi connectivity index (χ2v) is 5.46. The molecule has 0 spiro atoms. The Morgan fingerprint density at radius 2 is 2.05 bits per heavy atom. The number of halogens is 1. The summed E-state index contributed by atoms with van der Waals surface area (Å²) in [6, 6.07) is 11.4. The van der Waals surface area contributed by atoms with Crippen LogP contribution in [0.3, 0.4) is 0 Å². The van der Waals surface area contributed by atoms with Gasteiger partial charge in [0.25, 0.3) is 5.89 Å². The maximum absolute atomic E-state index is 6.06. The number of hydrogen-bond acceptors (Lipinski definition) is 4. The van der Waals surface area contributed by atoms with E-state index in [-0.39, 0.29) is 0 Å². The molecule has 4 aromatic rings. The molecule has 4 rings (SSSR count). The lowest BCUT2D eigenvalue weighted by Crippen LogP contribution is -1.86. The molecule has 0 amide bonds. The van der Waals surface area contributed by atoms with Crippen molar-refractivity contribution in [3.8, 4) is 22.8 Å². The van der Waals surface area contributed by atoms with Crippen LogP contribution in [0.1, 0.15) is 5.56 Å². The summed E-state index contributed by atoms with van der Waals surface area (Å²) in [5.74, 6) is 0.983. The molecule has 6 heteroatoms. The number of aromatic amines is 1. The van der Waals surface area contributed by atoms with Gasteiger partial charge in [-0.2, -0.15) is 10.1 Å². The number of aryl methyl sites for hydroxylation is 1. The van der Waals surface area contributed by atoms with Crippen molar-refractivity contribution in [1.29, 1.82) is 0 Å². The van der Waals surface area contributed by atoms with Gasteiger partial charge in [-0.05, 0) is 36.8 Å². The van der Waals surface area contributed by atoms with Gasteiger partial charge in [0, 0.05) is 16.0 Å². The third-order valence-electron chi connectivity index (χ3n) is 3.58. The van der Waals surface area contributed by atoms with Gasteiger partial charge in [0.15, 0.2) is 0 Å². The minimum atomic E-state index is 0.460. The maximum atomic E-state index is 6.06. The molecule has 0 unspecified atom stereocenters. The molecule has 108 valence electrons. The van der Waals surface area contributed by atoms with Crippen molar-refractivity contribution in [3.63, 3.8) is 0 Å². The van der Waals surface area contributed by atoms with Gasteiger partial charge in [-0.3, -0.25) is 5.10 Å². The number of benzene rings is 2. The molecule has 22 heavy (non-hydrogen) atoms. The van der Waals surface area contributed by atoms with Crippen LogP contribution >= 0.6 is 11.6 Å². The fourth-order valence-electron chi connectivity index (χ4n) is 2.43. The fraction of sp³-hybridized carbons (Fsp3) is 0.0625. The average Bonchev–Trinajstić information content (AvgIpc) is 3.17. The van der Waals surface area contributed by atoms with E-state index in [2.05, 4.69) is 20.3 Å². The van der Waals surface area contributed by atoms with Gasteiger partial charge in [0.1, 0.15) is 0 Å². The van der Waals surface area contributed by atoms with Crippen molar-refractivity contribution in [2.24, 2.45) is 0 Å². The molecule has 0 bridgehead atoms. The first-order chi connectivity index (χ1) is 10.7. The van der Waals surface area contributed by atoms with Crippen molar-refractivity contribution in [2.75, 3.05) is 0 Å². The summed E-state index contributed by atoms with van der Waals surface area (Å²) in [4.78, 5) is 4.50. The number of fused-ring (bicyclic) bond motifs is 1. The van der Waals surface area contributed by atoms with Crippen LogP contribution in [0.5, 0.6) is 0 Å². The van der Waals surface area contributed by atoms with E-state index in [9.17, 15) is 0 Å². The predicted molar refractivity (Wildman–Crippen MR) is 84.6 cm³/mol. The predicted octanol–water partition coefficient (Wildman–Crippen LogP) is 4.24. The van der Waals surface area contributed by atoms with Crippen molar-refractivity contribution in [1.82, 2.24) is 20.3 Å². The minimum Gasteiger partial charge on any atom is -0.334 e. The van der Waals surface area contributed by atoms with Crippen molar-refractivity contribution >= 4 is 22.5 Å². The smallest absolute Gasteiger partial charge is 0.258 e. The highest BCUT2D eigenvalue weighted by Gasteiger charge is 2.15. The number of nitrogens with one attached hydrogen (secondary N) is 1. The van der Waals surface area contributed by atoms with E-state index in [1.807, 2.05) is 43.3 Å². The summed E-state index contributed by atoms with van der Waals surface area (Å²) in [5, 5.41) is 12.6. The van der Waals surface area contributed by atoms with Crippen molar-refractivity contribution in [2.45, 2.75) is 6.92 Å². The van der Waals surface area contributed by atoms with Gasteiger partial charge in [-0.1, -0.05) is 28.9 Å². The zero-order chi connectivity index (χ0) is 15.1. The summed E-state index contributed by atoms with van der Waals surface area (Å²) in [7, 11) is 0. The third-order valence-corrected chi connectivity index (χ3v) is 3.82. The zero-order valence-corrected chi connectivity index (χ0v) is 12.4. The molecule has 0 fully saturated rings. The lowest BCUT2D eigenvalue weighted by atomic mass is 10.1. The van der Waals surface area contributed by atoms with E-state index in [1.54, 1.807) is 6.20 Å². The van der Waals surface area contributed by atoms with E-state index < -0.39 is 0 Å². The number of nitrogens with zero attached hydrogens (tertiary/aromatic N) is 3. The van der Waals surface area contributed by atoms with Crippen LogP contribution in [0.15, 0.2) is 47.1 Å². The van der Waals surface area contributed by atoms with Gasteiger partial charge in [-0.25, -0.2) is 0 Å². The molecule has 0 aliphatic rings. The normalized spacial score (nSPS) is 11.2. The highest BCUT2D eigenvalue weighted by Crippen LogP contribution is 2.29. The quantitative estimate of drug-likeness (QED) is 0.601. The first kappa shape index (κ1) is 13.0. The van der Waals surface area contributed by atoms with Crippen LogP contribution in [0.4, 0.5) is 0 Å². The topological polar surface area (TPSA) is 67.6 Å². The summed E-state index contributed by atoms with van der Waals surface area (Å²) >= 11 is 6.06. The summed E-state index contributed by atoms with van der Waals surface area (Å²) < 4.78 is 5.43. The van der Waals surface area contributed by atoms with Gasteiger partial charge >= 0.3 is 0 Å². The minimum absolute atomic E-state index is 0.460. The van der Waals surface area contributed by atoms with E-state index in [4.69, 9.17) is 16.1 Å². The van der Waals surface area contributed by atoms with Crippen LogP contribution < -0.4 is 0 Å². The van der Waals surface area contributed by atoms with Gasteiger partial charge in [-0.15, -0.1) is 0 Å². The number of H-pyrrole nitrogens is 1. The number of hydrogen-bond donors (Lipinski definition) is 1. The largest absolute Gasteiger partial charge is 0.334 e. The zero-order valence-electron chi connectivity index (χ0n) is 11.7.